The van der Waals surface area contributed by atoms with E-state index >= 15 is 0 Å². The maximum Gasteiger partial charge on any atom is 0.255 e. The van der Waals surface area contributed by atoms with E-state index in [1.807, 2.05) is 58.0 Å². The Morgan fingerprint density at radius 2 is 1.61 bits per heavy atom. The Balaban J connectivity index is 1.60. The zero-order valence-corrected chi connectivity index (χ0v) is 26.8. The van der Waals surface area contributed by atoms with E-state index in [4.69, 9.17) is 4.74 Å². The van der Waals surface area contributed by atoms with Crippen LogP contribution in [0.4, 0.5) is 4.39 Å². The minimum atomic E-state index is -1.25. The van der Waals surface area contributed by atoms with Gasteiger partial charge in [0.05, 0.1) is 18.0 Å². The summed E-state index contributed by atoms with van der Waals surface area (Å²) < 4.78 is 19.6. The summed E-state index contributed by atoms with van der Waals surface area (Å²) in [6.07, 6.45) is 0.446. The predicted octanol–water partition coefficient (Wildman–Crippen LogP) is 4.06. The van der Waals surface area contributed by atoms with Gasteiger partial charge in [0.25, 0.3) is 5.91 Å². The van der Waals surface area contributed by atoms with Crippen molar-refractivity contribution in [2.45, 2.75) is 70.5 Å². The fourth-order valence-corrected chi connectivity index (χ4v) is 5.34. The lowest BCUT2D eigenvalue weighted by molar-refractivity contribution is -0.131. The number of hydrogen-bond acceptors (Lipinski definition) is 5. The summed E-state index contributed by atoms with van der Waals surface area (Å²) in [7, 11) is 0. The summed E-state index contributed by atoms with van der Waals surface area (Å²) in [6, 6.07) is 19.7. The van der Waals surface area contributed by atoms with Gasteiger partial charge in [-0.25, -0.2) is 4.39 Å². The summed E-state index contributed by atoms with van der Waals surface area (Å²) in [5.74, 6) is -2.07. The van der Waals surface area contributed by atoms with Gasteiger partial charge in [0.15, 0.2) is 0 Å². The fourth-order valence-electron chi connectivity index (χ4n) is 5.34. The molecule has 10 heteroatoms. The van der Waals surface area contributed by atoms with Gasteiger partial charge in [0, 0.05) is 12.0 Å². The Morgan fingerprint density at radius 1 is 0.935 bits per heavy atom. The Labute approximate surface area is 269 Å². The maximum absolute atomic E-state index is 13.6. The first-order valence-corrected chi connectivity index (χ1v) is 15.6. The van der Waals surface area contributed by atoms with E-state index in [0.717, 1.165) is 11.1 Å². The fraction of sp³-hybridized carbons (Fsp3) is 0.389. The van der Waals surface area contributed by atoms with Gasteiger partial charge < -0.3 is 26.0 Å². The number of amides is 4. The first-order chi connectivity index (χ1) is 21.9. The van der Waals surface area contributed by atoms with E-state index in [9.17, 15) is 23.6 Å². The number of nitrogens with one attached hydrogen (secondary N) is 4. The molecule has 0 unspecified atom stereocenters. The van der Waals surface area contributed by atoms with E-state index in [2.05, 4.69) is 21.3 Å². The monoisotopic (exact) mass is 630 g/mol. The molecule has 3 aromatic carbocycles. The third-order valence-corrected chi connectivity index (χ3v) is 7.94. The van der Waals surface area contributed by atoms with Crippen molar-refractivity contribution in [3.05, 3.63) is 101 Å². The SMILES string of the molecule is CC(C)C[C@@H]1NC(=O)C[C@@H](C(=O)NCC(C)(C)c2ccc(F)cc2)NC(=O)c2ccccc2OC[C@@H](Cc2ccccc2)NC1=O. The number of carbonyl (C=O) groups excluding carboxylic acids is 4. The highest BCUT2D eigenvalue weighted by Gasteiger charge is 2.31. The van der Waals surface area contributed by atoms with Gasteiger partial charge in [-0.2, -0.15) is 0 Å². The maximum atomic E-state index is 13.6. The van der Waals surface area contributed by atoms with E-state index < -0.39 is 47.7 Å². The Morgan fingerprint density at radius 3 is 2.30 bits per heavy atom. The highest BCUT2D eigenvalue weighted by molar-refractivity contribution is 6.01. The van der Waals surface area contributed by atoms with Crippen molar-refractivity contribution in [2.24, 2.45) is 5.92 Å². The summed E-state index contributed by atoms with van der Waals surface area (Å²) >= 11 is 0. The topological polar surface area (TPSA) is 126 Å². The average molecular weight is 631 g/mol. The second-order valence-electron chi connectivity index (χ2n) is 12.8. The first-order valence-electron chi connectivity index (χ1n) is 15.6. The molecular weight excluding hydrogens is 587 g/mol. The predicted molar refractivity (Wildman–Crippen MR) is 174 cm³/mol. The zero-order chi connectivity index (χ0) is 33.3. The van der Waals surface area contributed by atoms with Gasteiger partial charge in [-0.1, -0.05) is 82.3 Å². The van der Waals surface area contributed by atoms with Crippen LogP contribution in [0.1, 0.15) is 62.0 Å². The molecule has 1 aliphatic rings. The molecule has 3 atom stereocenters. The van der Waals surface area contributed by atoms with Crippen LogP contribution in [-0.4, -0.2) is 54.9 Å². The van der Waals surface area contributed by atoms with Crippen molar-refractivity contribution >= 4 is 23.6 Å². The molecule has 1 aliphatic heterocycles. The number of halogens is 1. The smallest absolute Gasteiger partial charge is 0.255 e. The van der Waals surface area contributed by atoms with Crippen molar-refractivity contribution in [1.82, 2.24) is 21.3 Å². The molecule has 0 bridgehead atoms. The largest absolute Gasteiger partial charge is 0.491 e. The van der Waals surface area contributed by atoms with Gasteiger partial charge in [-0.3, -0.25) is 19.2 Å². The molecule has 4 N–H and O–H groups in total. The van der Waals surface area contributed by atoms with Gasteiger partial charge in [-0.05, 0) is 54.2 Å². The molecule has 46 heavy (non-hydrogen) atoms. The van der Waals surface area contributed by atoms with Crippen LogP contribution < -0.4 is 26.0 Å². The van der Waals surface area contributed by atoms with Gasteiger partial charge in [-0.15, -0.1) is 0 Å². The van der Waals surface area contributed by atoms with Crippen molar-refractivity contribution in [3.8, 4) is 5.75 Å². The zero-order valence-electron chi connectivity index (χ0n) is 26.8. The standard InChI is InChI=1S/C36H43FN4O5/c1-23(2)18-29-35(45)39-27(19-24-10-6-5-7-11-24)21-46-31-13-9-8-12-28(31)33(43)41-30(20-32(42)40-29)34(44)38-22-36(3,4)25-14-16-26(37)17-15-25/h5-17,23,27,29-30H,18-22H2,1-4H3,(H,38,44)(H,39,45)(H,40,42)(H,41,43)/t27-,29+,30+/m1/s1. The van der Waals surface area contributed by atoms with Gasteiger partial charge in [0.2, 0.25) is 17.7 Å². The van der Waals surface area contributed by atoms with Gasteiger partial charge >= 0.3 is 0 Å². The van der Waals surface area contributed by atoms with Crippen LogP contribution in [0.3, 0.4) is 0 Å². The highest BCUT2D eigenvalue weighted by Crippen LogP contribution is 2.23. The van der Waals surface area contributed by atoms with Crippen molar-refractivity contribution in [2.75, 3.05) is 13.2 Å². The molecule has 3 aromatic rings. The molecule has 4 rings (SSSR count). The molecular formula is C36H43FN4O5. The van der Waals surface area contributed by atoms with Crippen LogP contribution >= 0.6 is 0 Å². The minimum absolute atomic E-state index is 0.0651. The minimum Gasteiger partial charge on any atom is -0.491 e. The van der Waals surface area contributed by atoms with Crippen LogP contribution in [0.15, 0.2) is 78.9 Å². The molecule has 0 saturated carbocycles. The molecule has 4 amide bonds. The molecule has 0 radical (unpaired) electrons. The molecule has 0 aromatic heterocycles. The van der Waals surface area contributed by atoms with E-state index in [0.29, 0.717) is 12.8 Å². The van der Waals surface area contributed by atoms with Crippen LogP contribution in [0.25, 0.3) is 0 Å². The third-order valence-electron chi connectivity index (χ3n) is 7.94. The number of carbonyl (C=O) groups is 4. The molecule has 244 valence electrons. The molecule has 1 heterocycles. The summed E-state index contributed by atoms with van der Waals surface area (Å²) in [6.45, 7) is 7.92. The molecule has 0 aliphatic carbocycles. The number of rotatable bonds is 8. The normalized spacial score (nSPS) is 19.5. The van der Waals surface area contributed by atoms with Crippen molar-refractivity contribution in [1.29, 1.82) is 0 Å². The van der Waals surface area contributed by atoms with Gasteiger partial charge in [0.1, 0.15) is 30.3 Å². The van der Waals surface area contributed by atoms with Crippen molar-refractivity contribution < 1.29 is 28.3 Å². The van der Waals surface area contributed by atoms with Crippen molar-refractivity contribution in [3.63, 3.8) is 0 Å². The Kier molecular flexibility index (Phi) is 11.5. The highest BCUT2D eigenvalue weighted by atomic mass is 19.1. The first kappa shape index (κ1) is 34.1. The Hall–Kier alpha value is -4.73. The van der Waals surface area contributed by atoms with E-state index in [1.54, 1.807) is 36.4 Å². The van der Waals surface area contributed by atoms with E-state index in [-0.39, 0.29) is 42.1 Å². The second kappa shape index (κ2) is 15.5. The summed E-state index contributed by atoms with van der Waals surface area (Å²) in [4.78, 5) is 54.1. The molecule has 0 saturated heterocycles. The van der Waals surface area contributed by atoms with Crippen LogP contribution in [0, 0.1) is 11.7 Å². The quantitative estimate of drug-likeness (QED) is 0.299. The molecule has 0 spiro atoms. The average Bonchev–Trinajstić information content (AvgIpc) is 3.02. The number of ether oxygens (including phenoxy) is 1. The lowest BCUT2D eigenvalue weighted by Crippen LogP contribution is -2.55. The lowest BCUT2D eigenvalue weighted by atomic mass is 9.84. The van der Waals surface area contributed by atoms with Crippen LogP contribution in [-0.2, 0) is 26.2 Å². The summed E-state index contributed by atoms with van der Waals surface area (Å²) in [5, 5.41) is 11.4. The number of fused-ring (bicyclic) bond motifs is 1. The van der Waals surface area contributed by atoms with E-state index in [1.165, 1.54) is 12.1 Å². The molecule has 0 fully saturated rings. The third kappa shape index (κ3) is 9.63. The second-order valence-corrected chi connectivity index (χ2v) is 12.8. The number of benzene rings is 3. The lowest BCUT2D eigenvalue weighted by Gasteiger charge is -2.28. The molecule has 9 nitrogen and oxygen atoms in total. The Bertz CT molecular complexity index is 1510. The van der Waals surface area contributed by atoms with Crippen LogP contribution in [0.2, 0.25) is 0 Å². The van der Waals surface area contributed by atoms with Crippen LogP contribution in [0.5, 0.6) is 5.75 Å². The number of para-hydroxylation sites is 1. The number of hydrogen-bond donors (Lipinski definition) is 4. The summed E-state index contributed by atoms with van der Waals surface area (Å²) in [5.41, 5.74) is 1.41.